The summed E-state index contributed by atoms with van der Waals surface area (Å²) in [6.07, 6.45) is -5.61. The Morgan fingerprint density at radius 3 is 2.23 bits per heavy atom. The van der Waals surface area contributed by atoms with Crippen molar-refractivity contribution in [3.8, 4) is 0 Å². The van der Waals surface area contributed by atoms with Gasteiger partial charge in [0.15, 0.2) is 5.79 Å². The van der Waals surface area contributed by atoms with Gasteiger partial charge in [-0.15, -0.1) is 0 Å². The standard InChI is InChI=1S/C7H14O6/c1-7(12)6(11)5(10)4(9)3(2-8)13-7/h3-6,8-12H,2H2,1H3. The molecule has 0 aromatic rings. The summed E-state index contributed by atoms with van der Waals surface area (Å²) in [6.45, 7) is 0.608. The predicted molar refractivity (Wildman–Crippen MR) is 40.6 cm³/mol. The van der Waals surface area contributed by atoms with Crippen LogP contribution in [-0.4, -0.2) is 62.3 Å². The van der Waals surface area contributed by atoms with Crippen molar-refractivity contribution in [1.82, 2.24) is 0 Å². The minimum Gasteiger partial charge on any atom is -0.394 e. The Kier molecular flexibility index (Phi) is 2.91. The maximum atomic E-state index is 9.38. The molecule has 1 aliphatic rings. The minimum atomic E-state index is -1.95. The second kappa shape index (κ2) is 3.49. The van der Waals surface area contributed by atoms with Gasteiger partial charge < -0.3 is 30.3 Å². The third-order valence-corrected chi connectivity index (χ3v) is 2.17. The lowest BCUT2D eigenvalue weighted by Crippen LogP contribution is -2.63. The fourth-order valence-corrected chi connectivity index (χ4v) is 1.31. The van der Waals surface area contributed by atoms with Crippen molar-refractivity contribution >= 4 is 0 Å². The zero-order chi connectivity index (χ0) is 10.2. The fourth-order valence-electron chi connectivity index (χ4n) is 1.31. The average molecular weight is 194 g/mol. The number of ether oxygens (including phenoxy) is 1. The Hall–Kier alpha value is -0.240. The quantitative estimate of drug-likeness (QED) is 0.308. The zero-order valence-electron chi connectivity index (χ0n) is 7.16. The van der Waals surface area contributed by atoms with Gasteiger partial charge in [0.05, 0.1) is 6.61 Å². The lowest BCUT2D eigenvalue weighted by molar-refractivity contribution is -0.341. The van der Waals surface area contributed by atoms with Crippen LogP contribution in [0.4, 0.5) is 0 Å². The van der Waals surface area contributed by atoms with E-state index in [1.165, 1.54) is 0 Å². The molecule has 5 atom stereocenters. The van der Waals surface area contributed by atoms with Gasteiger partial charge in [0.1, 0.15) is 24.4 Å². The Bertz CT molecular complexity index is 180. The van der Waals surface area contributed by atoms with Crippen molar-refractivity contribution in [2.24, 2.45) is 0 Å². The summed E-state index contributed by atoms with van der Waals surface area (Å²) in [5.74, 6) is -1.95. The van der Waals surface area contributed by atoms with Crippen molar-refractivity contribution in [2.75, 3.05) is 6.61 Å². The van der Waals surface area contributed by atoms with E-state index in [4.69, 9.17) is 9.84 Å². The molecule has 0 radical (unpaired) electrons. The second-order valence-corrected chi connectivity index (χ2v) is 3.32. The van der Waals surface area contributed by atoms with E-state index in [0.717, 1.165) is 6.92 Å². The summed E-state index contributed by atoms with van der Waals surface area (Å²) in [5.41, 5.74) is 0. The molecule has 0 saturated carbocycles. The van der Waals surface area contributed by atoms with Crippen LogP contribution in [-0.2, 0) is 4.74 Å². The van der Waals surface area contributed by atoms with E-state index in [2.05, 4.69) is 0 Å². The van der Waals surface area contributed by atoms with Crippen LogP contribution in [0.5, 0.6) is 0 Å². The molecule has 78 valence electrons. The van der Waals surface area contributed by atoms with E-state index in [-0.39, 0.29) is 0 Å². The van der Waals surface area contributed by atoms with E-state index < -0.39 is 36.8 Å². The van der Waals surface area contributed by atoms with Crippen LogP contribution in [0, 0.1) is 0 Å². The highest BCUT2D eigenvalue weighted by Crippen LogP contribution is 2.27. The van der Waals surface area contributed by atoms with Gasteiger partial charge in [0.25, 0.3) is 0 Å². The Balaban J connectivity index is 2.79. The molecule has 6 nitrogen and oxygen atoms in total. The minimum absolute atomic E-state index is 0.541. The molecule has 1 heterocycles. The van der Waals surface area contributed by atoms with Gasteiger partial charge in [-0.1, -0.05) is 0 Å². The molecule has 0 bridgehead atoms. The van der Waals surface area contributed by atoms with Gasteiger partial charge in [-0.2, -0.15) is 0 Å². The molecule has 0 aromatic heterocycles. The Morgan fingerprint density at radius 1 is 1.23 bits per heavy atom. The van der Waals surface area contributed by atoms with E-state index in [1.807, 2.05) is 0 Å². The molecule has 5 N–H and O–H groups in total. The summed E-state index contributed by atoms with van der Waals surface area (Å²) in [7, 11) is 0. The fraction of sp³-hybridized carbons (Fsp3) is 1.00. The van der Waals surface area contributed by atoms with Gasteiger partial charge in [-0.05, 0) is 6.92 Å². The molecule has 0 amide bonds. The zero-order valence-corrected chi connectivity index (χ0v) is 7.16. The lowest BCUT2D eigenvalue weighted by Gasteiger charge is -2.43. The van der Waals surface area contributed by atoms with Gasteiger partial charge >= 0.3 is 0 Å². The summed E-state index contributed by atoms with van der Waals surface area (Å²) in [4.78, 5) is 0. The Morgan fingerprint density at radius 2 is 1.77 bits per heavy atom. The smallest absolute Gasteiger partial charge is 0.192 e. The molecule has 1 saturated heterocycles. The number of aliphatic hydroxyl groups excluding tert-OH is 4. The highest BCUT2D eigenvalue weighted by Gasteiger charge is 2.49. The average Bonchev–Trinajstić information content (AvgIpc) is 2.08. The molecule has 0 aliphatic carbocycles. The monoisotopic (exact) mass is 194 g/mol. The lowest BCUT2D eigenvalue weighted by atomic mass is 9.94. The first-order valence-corrected chi connectivity index (χ1v) is 3.95. The highest BCUT2D eigenvalue weighted by atomic mass is 16.7. The molecule has 1 rings (SSSR count). The summed E-state index contributed by atoms with van der Waals surface area (Å²) in [6, 6.07) is 0. The van der Waals surface area contributed by atoms with Crippen LogP contribution in [0.25, 0.3) is 0 Å². The maximum absolute atomic E-state index is 9.38. The van der Waals surface area contributed by atoms with Gasteiger partial charge in [-0.3, -0.25) is 0 Å². The molecular formula is C7H14O6. The number of rotatable bonds is 1. The van der Waals surface area contributed by atoms with Crippen molar-refractivity contribution < 1.29 is 30.3 Å². The Labute approximate surface area is 75.0 Å². The summed E-state index contributed by atoms with van der Waals surface area (Å²) < 4.78 is 4.76. The number of hydrogen-bond acceptors (Lipinski definition) is 6. The third kappa shape index (κ3) is 1.83. The molecule has 1 fully saturated rings. The van der Waals surface area contributed by atoms with Crippen LogP contribution in [0.2, 0.25) is 0 Å². The highest BCUT2D eigenvalue weighted by molar-refractivity contribution is 4.93. The van der Waals surface area contributed by atoms with E-state index in [9.17, 15) is 20.4 Å². The second-order valence-electron chi connectivity index (χ2n) is 3.32. The van der Waals surface area contributed by atoms with Gasteiger partial charge in [0.2, 0.25) is 0 Å². The summed E-state index contributed by atoms with van der Waals surface area (Å²) >= 11 is 0. The summed E-state index contributed by atoms with van der Waals surface area (Å²) in [5, 5.41) is 45.8. The van der Waals surface area contributed by atoms with Gasteiger partial charge in [0, 0.05) is 0 Å². The van der Waals surface area contributed by atoms with E-state index in [0.29, 0.717) is 0 Å². The van der Waals surface area contributed by atoms with Gasteiger partial charge in [-0.25, -0.2) is 0 Å². The SMILES string of the molecule is CC1(O)OC(CO)C(O)C(O)C1O. The van der Waals surface area contributed by atoms with Crippen molar-refractivity contribution in [2.45, 2.75) is 37.1 Å². The molecule has 6 heteroatoms. The topological polar surface area (TPSA) is 110 Å². The van der Waals surface area contributed by atoms with Crippen LogP contribution in [0.1, 0.15) is 6.92 Å². The molecule has 5 unspecified atom stereocenters. The number of aliphatic hydroxyl groups is 5. The molecular weight excluding hydrogens is 180 g/mol. The first-order valence-electron chi connectivity index (χ1n) is 3.95. The molecule has 0 aromatic carbocycles. The van der Waals surface area contributed by atoms with Crippen molar-refractivity contribution in [3.63, 3.8) is 0 Å². The normalized spacial score (nSPS) is 52.2. The van der Waals surface area contributed by atoms with Crippen LogP contribution in [0.3, 0.4) is 0 Å². The molecule has 0 spiro atoms. The van der Waals surface area contributed by atoms with E-state index in [1.54, 1.807) is 0 Å². The first kappa shape index (κ1) is 10.8. The molecule has 1 aliphatic heterocycles. The number of hydrogen-bond donors (Lipinski definition) is 5. The predicted octanol–water partition coefficient (Wildman–Crippen LogP) is -2.83. The van der Waals surface area contributed by atoms with E-state index >= 15 is 0 Å². The van der Waals surface area contributed by atoms with Crippen LogP contribution < -0.4 is 0 Å². The van der Waals surface area contributed by atoms with Crippen LogP contribution in [0.15, 0.2) is 0 Å². The first-order chi connectivity index (χ1) is 5.90. The molecule has 13 heavy (non-hydrogen) atoms. The largest absolute Gasteiger partial charge is 0.394 e. The van der Waals surface area contributed by atoms with Crippen molar-refractivity contribution in [3.05, 3.63) is 0 Å². The maximum Gasteiger partial charge on any atom is 0.192 e. The van der Waals surface area contributed by atoms with Crippen molar-refractivity contribution in [1.29, 1.82) is 0 Å². The third-order valence-electron chi connectivity index (χ3n) is 2.17. The van der Waals surface area contributed by atoms with Crippen LogP contribution >= 0.6 is 0 Å².